The van der Waals surface area contributed by atoms with Crippen LogP contribution in [-0.2, 0) is 5.41 Å². The number of benzene rings is 1. The molecule has 5 heteroatoms. The van der Waals surface area contributed by atoms with Gasteiger partial charge in [0.05, 0.1) is 11.7 Å². The zero-order chi connectivity index (χ0) is 20.6. The van der Waals surface area contributed by atoms with Crippen molar-refractivity contribution in [3.63, 3.8) is 0 Å². The number of likely N-dealkylation sites (tertiary alicyclic amines) is 1. The summed E-state index contributed by atoms with van der Waals surface area (Å²) in [7, 11) is 0. The molecule has 0 amide bonds. The van der Waals surface area contributed by atoms with Crippen molar-refractivity contribution in [1.29, 1.82) is 0 Å². The van der Waals surface area contributed by atoms with Gasteiger partial charge in [-0.25, -0.2) is 0 Å². The third-order valence-electron chi connectivity index (χ3n) is 6.45. The van der Waals surface area contributed by atoms with E-state index >= 15 is 0 Å². The van der Waals surface area contributed by atoms with E-state index in [1.807, 2.05) is 27.7 Å². The monoisotopic (exact) mass is 391 g/mol. The summed E-state index contributed by atoms with van der Waals surface area (Å²) in [5, 5.41) is 28.1. The SMILES string of the molecule is CC.CC.O[C@H](CN1CCC2(CC1)CNc1ccccc12)C1(O)CCNCC1. The Bertz CT molecular complexity index is 579. The van der Waals surface area contributed by atoms with E-state index in [-0.39, 0.29) is 5.41 Å². The summed E-state index contributed by atoms with van der Waals surface area (Å²) in [6.45, 7) is 13.2. The zero-order valence-corrected chi connectivity index (χ0v) is 18.3. The highest BCUT2D eigenvalue weighted by atomic mass is 16.3. The molecule has 4 N–H and O–H groups in total. The molecule has 3 aliphatic heterocycles. The minimum Gasteiger partial charge on any atom is -0.389 e. The summed E-state index contributed by atoms with van der Waals surface area (Å²) < 4.78 is 0. The Labute approximate surface area is 171 Å². The second-order valence-corrected chi connectivity index (χ2v) is 7.85. The Morgan fingerprint density at radius 1 is 1.00 bits per heavy atom. The van der Waals surface area contributed by atoms with E-state index in [0.29, 0.717) is 19.4 Å². The van der Waals surface area contributed by atoms with Crippen LogP contribution in [-0.4, -0.2) is 66.1 Å². The Hall–Kier alpha value is -1.14. The van der Waals surface area contributed by atoms with Crippen LogP contribution in [0.15, 0.2) is 24.3 Å². The molecule has 160 valence electrons. The standard InChI is InChI=1S/C19H29N3O2.2C2H6/c23-17(19(24)5-9-20-10-6-19)13-22-11-7-18(8-12-22)14-21-16-4-2-1-3-15(16)18;2*1-2/h1-4,17,20-21,23-24H,5-14H2;2*1-2H3/t17-;;/m1../s1. The van der Waals surface area contributed by atoms with Gasteiger partial charge in [-0.15, -0.1) is 0 Å². The van der Waals surface area contributed by atoms with Gasteiger partial charge in [0.2, 0.25) is 0 Å². The summed E-state index contributed by atoms with van der Waals surface area (Å²) >= 11 is 0. The first-order valence-corrected chi connectivity index (χ1v) is 11.3. The normalized spacial score (nSPS) is 23.4. The van der Waals surface area contributed by atoms with E-state index in [4.69, 9.17) is 0 Å². The lowest BCUT2D eigenvalue weighted by Gasteiger charge is -2.43. The quantitative estimate of drug-likeness (QED) is 0.638. The Morgan fingerprint density at radius 3 is 2.25 bits per heavy atom. The molecule has 2 fully saturated rings. The topological polar surface area (TPSA) is 67.8 Å². The first-order valence-electron chi connectivity index (χ1n) is 11.3. The van der Waals surface area contributed by atoms with Crippen LogP contribution in [0.25, 0.3) is 0 Å². The van der Waals surface area contributed by atoms with Crippen LogP contribution in [0.2, 0.25) is 0 Å². The van der Waals surface area contributed by atoms with Crippen molar-refractivity contribution < 1.29 is 10.2 Å². The van der Waals surface area contributed by atoms with Crippen LogP contribution in [0.4, 0.5) is 5.69 Å². The van der Waals surface area contributed by atoms with Crippen molar-refractivity contribution in [2.45, 2.75) is 70.5 Å². The lowest BCUT2D eigenvalue weighted by molar-refractivity contribution is -0.104. The predicted molar refractivity (Wildman–Crippen MR) is 118 cm³/mol. The van der Waals surface area contributed by atoms with Crippen LogP contribution >= 0.6 is 0 Å². The van der Waals surface area contributed by atoms with Gasteiger partial charge in [0.25, 0.3) is 0 Å². The lowest BCUT2D eigenvalue weighted by atomic mass is 9.74. The van der Waals surface area contributed by atoms with Gasteiger partial charge in [0, 0.05) is 24.2 Å². The molecule has 0 aromatic heterocycles. The van der Waals surface area contributed by atoms with Crippen LogP contribution in [0, 0.1) is 0 Å². The highest BCUT2D eigenvalue weighted by Crippen LogP contribution is 2.43. The zero-order valence-electron chi connectivity index (χ0n) is 18.3. The van der Waals surface area contributed by atoms with Gasteiger partial charge in [0.15, 0.2) is 0 Å². The maximum Gasteiger partial charge on any atom is 0.0954 e. The van der Waals surface area contributed by atoms with Crippen LogP contribution < -0.4 is 10.6 Å². The van der Waals surface area contributed by atoms with E-state index in [1.54, 1.807) is 0 Å². The average Bonchev–Trinajstić information content (AvgIpc) is 3.12. The third kappa shape index (κ3) is 4.88. The van der Waals surface area contributed by atoms with Gasteiger partial charge in [-0.2, -0.15) is 0 Å². The van der Waals surface area contributed by atoms with Crippen molar-refractivity contribution in [2.24, 2.45) is 0 Å². The number of β-amino-alcohol motifs (C(OH)–C–C–N with tert-alkyl or cyclic N) is 1. The number of nitrogens with zero attached hydrogens (tertiary/aromatic N) is 1. The minimum atomic E-state index is -0.915. The molecule has 2 saturated heterocycles. The Kier molecular flexibility index (Phi) is 8.75. The van der Waals surface area contributed by atoms with Crippen LogP contribution in [0.1, 0.15) is 58.9 Å². The molecule has 0 saturated carbocycles. The minimum absolute atomic E-state index is 0.254. The lowest BCUT2D eigenvalue weighted by Crippen LogP contribution is -2.55. The highest BCUT2D eigenvalue weighted by Gasteiger charge is 2.43. The van der Waals surface area contributed by atoms with E-state index < -0.39 is 11.7 Å². The number of fused-ring (bicyclic) bond motifs is 2. The molecule has 3 aliphatic rings. The smallest absolute Gasteiger partial charge is 0.0954 e. The average molecular weight is 392 g/mol. The number of aliphatic hydroxyl groups is 2. The highest BCUT2D eigenvalue weighted by molar-refractivity contribution is 5.60. The first kappa shape index (κ1) is 23.1. The first-order chi connectivity index (χ1) is 13.6. The van der Waals surface area contributed by atoms with Gasteiger partial charge in [-0.05, 0) is 63.5 Å². The van der Waals surface area contributed by atoms with Gasteiger partial charge < -0.3 is 25.7 Å². The fourth-order valence-electron chi connectivity index (χ4n) is 4.68. The van der Waals surface area contributed by atoms with Crippen molar-refractivity contribution >= 4 is 5.69 Å². The van der Waals surface area contributed by atoms with Gasteiger partial charge in [0.1, 0.15) is 0 Å². The van der Waals surface area contributed by atoms with Crippen molar-refractivity contribution in [1.82, 2.24) is 10.2 Å². The number of rotatable bonds is 3. The number of anilines is 1. The number of piperidine rings is 2. The fourth-order valence-corrected chi connectivity index (χ4v) is 4.68. The number of nitrogens with one attached hydrogen (secondary N) is 2. The Balaban J connectivity index is 0.000000660. The summed E-state index contributed by atoms with van der Waals surface area (Å²) in [6, 6.07) is 8.66. The van der Waals surface area contributed by atoms with Gasteiger partial charge >= 0.3 is 0 Å². The third-order valence-corrected chi connectivity index (χ3v) is 6.45. The van der Waals surface area contributed by atoms with Crippen molar-refractivity contribution in [3.8, 4) is 0 Å². The van der Waals surface area contributed by atoms with Gasteiger partial charge in [-0.1, -0.05) is 45.9 Å². The largest absolute Gasteiger partial charge is 0.389 e. The number of hydrogen-bond donors (Lipinski definition) is 4. The molecule has 1 aromatic rings. The molecule has 1 aromatic carbocycles. The van der Waals surface area contributed by atoms with Crippen LogP contribution in [0.3, 0.4) is 0 Å². The molecule has 3 heterocycles. The molecule has 1 atom stereocenters. The second-order valence-electron chi connectivity index (χ2n) is 7.85. The summed E-state index contributed by atoms with van der Waals surface area (Å²) in [6.07, 6.45) is 2.86. The van der Waals surface area contributed by atoms with E-state index in [1.165, 1.54) is 11.3 Å². The Morgan fingerprint density at radius 2 is 1.61 bits per heavy atom. The number of aliphatic hydroxyl groups excluding tert-OH is 1. The van der Waals surface area contributed by atoms with E-state index in [0.717, 1.165) is 45.6 Å². The van der Waals surface area contributed by atoms with Crippen molar-refractivity contribution in [2.75, 3.05) is 44.6 Å². The van der Waals surface area contributed by atoms with E-state index in [2.05, 4.69) is 39.8 Å². The summed E-state index contributed by atoms with van der Waals surface area (Å²) in [5.41, 5.74) is 2.09. The number of hydrogen-bond acceptors (Lipinski definition) is 5. The van der Waals surface area contributed by atoms with E-state index in [9.17, 15) is 10.2 Å². The molecule has 0 unspecified atom stereocenters. The van der Waals surface area contributed by atoms with Crippen LogP contribution in [0.5, 0.6) is 0 Å². The molecule has 0 radical (unpaired) electrons. The maximum absolute atomic E-state index is 10.7. The predicted octanol–water partition coefficient (Wildman–Crippen LogP) is 2.97. The molecular weight excluding hydrogens is 350 g/mol. The molecular formula is C23H41N3O2. The molecule has 0 aliphatic carbocycles. The number of para-hydroxylation sites is 1. The molecule has 4 rings (SSSR count). The fraction of sp³-hybridized carbons (Fsp3) is 0.739. The molecule has 28 heavy (non-hydrogen) atoms. The molecule has 0 bridgehead atoms. The summed E-state index contributed by atoms with van der Waals surface area (Å²) in [4.78, 5) is 2.33. The molecule has 1 spiro atoms. The molecule has 5 nitrogen and oxygen atoms in total. The maximum atomic E-state index is 10.7. The summed E-state index contributed by atoms with van der Waals surface area (Å²) in [5.74, 6) is 0. The van der Waals surface area contributed by atoms with Gasteiger partial charge in [-0.3, -0.25) is 0 Å². The second kappa shape index (κ2) is 10.6. The van der Waals surface area contributed by atoms with Crippen molar-refractivity contribution in [3.05, 3.63) is 29.8 Å².